The van der Waals surface area contributed by atoms with Crippen molar-refractivity contribution in [1.29, 1.82) is 0 Å². The van der Waals surface area contributed by atoms with E-state index in [2.05, 4.69) is 10.9 Å². The summed E-state index contributed by atoms with van der Waals surface area (Å²) < 4.78 is 38.1. The predicted molar refractivity (Wildman–Crippen MR) is 92.5 cm³/mol. The third-order valence-electron chi connectivity index (χ3n) is 3.14. The van der Waals surface area contributed by atoms with E-state index in [-0.39, 0.29) is 16.1 Å². The minimum Gasteiger partial charge on any atom is -0.268 e. The summed E-state index contributed by atoms with van der Waals surface area (Å²) in [4.78, 5) is 23.5. The van der Waals surface area contributed by atoms with Crippen LogP contribution in [0.5, 0.6) is 0 Å². The Kier molecular flexibility index (Phi) is 6.28. The number of carbonyl (C=O) groups is 2. The molecule has 0 radical (unpaired) electrons. The Hall–Kier alpha value is -2.51. The molecule has 0 bridgehead atoms. The van der Waals surface area contributed by atoms with Crippen molar-refractivity contribution in [3.63, 3.8) is 0 Å². The Bertz CT molecular complexity index is 850. The van der Waals surface area contributed by atoms with E-state index in [1.165, 1.54) is 24.3 Å². The molecule has 0 spiro atoms. The standard InChI is InChI=1S/C17H11Cl2F3N2O2/c18-13-5-1-10(2-6-13)16(26)24-23-15(25)8-3-11-9-12(17(20,21)22)4-7-14(11)19/h1-9H,(H,23,25)(H,24,26)/b8-3+. The van der Waals surface area contributed by atoms with Gasteiger partial charge in [0.15, 0.2) is 0 Å². The van der Waals surface area contributed by atoms with Crippen molar-refractivity contribution in [1.82, 2.24) is 10.9 Å². The van der Waals surface area contributed by atoms with E-state index in [0.29, 0.717) is 5.02 Å². The molecule has 4 nitrogen and oxygen atoms in total. The van der Waals surface area contributed by atoms with Gasteiger partial charge in [0.25, 0.3) is 11.8 Å². The summed E-state index contributed by atoms with van der Waals surface area (Å²) in [5.74, 6) is -1.33. The van der Waals surface area contributed by atoms with Crippen LogP contribution in [0.1, 0.15) is 21.5 Å². The van der Waals surface area contributed by atoms with Crippen LogP contribution >= 0.6 is 23.2 Å². The number of carbonyl (C=O) groups excluding carboxylic acids is 2. The van der Waals surface area contributed by atoms with Gasteiger partial charge >= 0.3 is 6.18 Å². The van der Waals surface area contributed by atoms with E-state index >= 15 is 0 Å². The van der Waals surface area contributed by atoms with Gasteiger partial charge in [0.2, 0.25) is 0 Å². The van der Waals surface area contributed by atoms with Gasteiger partial charge in [0.05, 0.1) is 5.56 Å². The van der Waals surface area contributed by atoms with Gasteiger partial charge in [0, 0.05) is 21.7 Å². The van der Waals surface area contributed by atoms with E-state index in [1.807, 2.05) is 0 Å². The summed E-state index contributed by atoms with van der Waals surface area (Å²) in [6, 6.07) is 8.68. The second-order valence-corrected chi connectivity index (χ2v) is 5.86. The molecule has 9 heteroatoms. The molecule has 2 aromatic rings. The first-order chi connectivity index (χ1) is 12.2. The minimum atomic E-state index is -4.53. The Balaban J connectivity index is 1.99. The normalized spacial score (nSPS) is 11.4. The Morgan fingerprint density at radius 2 is 1.62 bits per heavy atom. The van der Waals surface area contributed by atoms with Crippen LogP contribution in [0.15, 0.2) is 48.5 Å². The molecule has 0 unspecified atom stereocenters. The fraction of sp³-hybridized carbons (Fsp3) is 0.0588. The number of benzene rings is 2. The maximum Gasteiger partial charge on any atom is 0.416 e. The maximum absolute atomic E-state index is 12.7. The lowest BCUT2D eigenvalue weighted by molar-refractivity contribution is -0.137. The van der Waals surface area contributed by atoms with Gasteiger partial charge in [-0.25, -0.2) is 0 Å². The maximum atomic E-state index is 12.7. The van der Waals surface area contributed by atoms with Crippen molar-refractivity contribution >= 4 is 41.1 Å². The first kappa shape index (κ1) is 19.8. The molecule has 0 heterocycles. The summed E-state index contributed by atoms with van der Waals surface area (Å²) in [7, 11) is 0. The number of hydrogen-bond donors (Lipinski definition) is 2. The average molecular weight is 403 g/mol. The Morgan fingerprint density at radius 1 is 0.962 bits per heavy atom. The lowest BCUT2D eigenvalue weighted by Gasteiger charge is -2.08. The molecule has 26 heavy (non-hydrogen) atoms. The van der Waals surface area contributed by atoms with E-state index in [0.717, 1.165) is 30.4 Å². The topological polar surface area (TPSA) is 58.2 Å². The van der Waals surface area contributed by atoms with Crippen molar-refractivity contribution in [3.8, 4) is 0 Å². The molecule has 0 saturated heterocycles. The highest BCUT2D eigenvalue weighted by Gasteiger charge is 2.30. The zero-order chi connectivity index (χ0) is 19.3. The van der Waals surface area contributed by atoms with Gasteiger partial charge in [-0.05, 0) is 54.1 Å². The van der Waals surface area contributed by atoms with E-state index in [1.54, 1.807) is 0 Å². The summed E-state index contributed by atoms with van der Waals surface area (Å²) >= 11 is 11.5. The van der Waals surface area contributed by atoms with E-state index in [9.17, 15) is 22.8 Å². The second kappa shape index (κ2) is 8.25. The Labute approximate surface area is 156 Å². The number of amides is 2. The molecule has 2 N–H and O–H groups in total. The molecule has 2 rings (SSSR count). The zero-order valence-corrected chi connectivity index (χ0v) is 14.4. The molecule has 0 aliphatic carbocycles. The number of halogens is 5. The monoisotopic (exact) mass is 402 g/mol. The van der Waals surface area contributed by atoms with Crippen LogP contribution in [0.2, 0.25) is 10.0 Å². The van der Waals surface area contributed by atoms with Gasteiger partial charge in [-0.2, -0.15) is 13.2 Å². The highest BCUT2D eigenvalue weighted by atomic mass is 35.5. The van der Waals surface area contributed by atoms with Crippen molar-refractivity contribution in [3.05, 3.63) is 75.3 Å². The summed E-state index contributed by atoms with van der Waals surface area (Å²) in [6.45, 7) is 0. The van der Waals surface area contributed by atoms with Gasteiger partial charge in [-0.15, -0.1) is 0 Å². The largest absolute Gasteiger partial charge is 0.416 e. The summed E-state index contributed by atoms with van der Waals surface area (Å²) in [6.07, 6.45) is -2.47. The van der Waals surface area contributed by atoms with Crippen LogP contribution in [-0.4, -0.2) is 11.8 Å². The van der Waals surface area contributed by atoms with E-state index in [4.69, 9.17) is 23.2 Å². The van der Waals surface area contributed by atoms with Crippen LogP contribution in [0.4, 0.5) is 13.2 Å². The molecule has 0 saturated carbocycles. The molecule has 0 aliphatic heterocycles. The molecule has 2 amide bonds. The zero-order valence-electron chi connectivity index (χ0n) is 12.9. The minimum absolute atomic E-state index is 0.0145. The highest BCUT2D eigenvalue weighted by Crippen LogP contribution is 2.32. The lowest BCUT2D eigenvalue weighted by atomic mass is 10.1. The molecule has 0 aromatic heterocycles. The molecular weight excluding hydrogens is 392 g/mol. The SMILES string of the molecule is O=C(/C=C/c1cc(C(F)(F)F)ccc1Cl)NNC(=O)c1ccc(Cl)cc1. The number of nitrogens with one attached hydrogen (secondary N) is 2. The Morgan fingerprint density at radius 3 is 2.23 bits per heavy atom. The number of hydrogen-bond acceptors (Lipinski definition) is 2. The summed E-state index contributed by atoms with van der Waals surface area (Å²) in [5, 5.41) is 0.499. The van der Waals surface area contributed by atoms with Gasteiger partial charge in [-0.1, -0.05) is 23.2 Å². The van der Waals surface area contributed by atoms with Gasteiger partial charge < -0.3 is 0 Å². The molecular formula is C17H11Cl2F3N2O2. The summed E-state index contributed by atoms with van der Waals surface area (Å²) in [5.41, 5.74) is 3.65. The first-order valence-electron chi connectivity index (χ1n) is 7.07. The van der Waals surface area contributed by atoms with Crippen LogP contribution in [0.3, 0.4) is 0 Å². The quantitative estimate of drug-likeness (QED) is 0.586. The fourth-order valence-corrected chi connectivity index (χ4v) is 2.15. The smallest absolute Gasteiger partial charge is 0.268 e. The second-order valence-electron chi connectivity index (χ2n) is 5.02. The van der Waals surface area contributed by atoms with Crippen LogP contribution < -0.4 is 10.9 Å². The average Bonchev–Trinajstić information content (AvgIpc) is 2.58. The molecule has 2 aromatic carbocycles. The fourth-order valence-electron chi connectivity index (χ4n) is 1.85. The van der Waals surface area contributed by atoms with Crippen LogP contribution in [0.25, 0.3) is 6.08 Å². The van der Waals surface area contributed by atoms with E-state index < -0.39 is 23.6 Å². The van der Waals surface area contributed by atoms with Crippen molar-refractivity contribution in [2.45, 2.75) is 6.18 Å². The lowest BCUT2D eigenvalue weighted by Crippen LogP contribution is -2.40. The van der Waals surface area contributed by atoms with Gasteiger partial charge in [-0.3, -0.25) is 20.4 Å². The molecule has 0 fully saturated rings. The number of rotatable bonds is 3. The highest BCUT2D eigenvalue weighted by molar-refractivity contribution is 6.32. The van der Waals surface area contributed by atoms with Crippen molar-refractivity contribution in [2.75, 3.05) is 0 Å². The number of hydrazine groups is 1. The predicted octanol–water partition coefficient (Wildman–Crippen LogP) is 4.49. The molecule has 136 valence electrons. The van der Waals surface area contributed by atoms with Crippen LogP contribution in [-0.2, 0) is 11.0 Å². The third kappa shape index (κ3) is 5.50. The number of alkyl halides is 3. The van der Waals surface area contributed by atoms with Crippen LogP contribution in [0, 0.1) is 0 Å². The van der Waals surface area contributed by atoms with Gasteiger partial charge in [0.1, 0.15) is 0 Å². The first-order valence-corrected chi connectivity index (χ1v) is 7.83. The molecule has 0 atom stereocenters. The van der Waals surface area contributed by atoms with Crippen molar-refractivity contribution < 1.29 is 22.8 Å². The van der Waals surface area contributed by atoms with Crippen molar-refractivity contribution in [2.24, 2.45) is 0 Å². The third-order valence-corrected chi connectivity index (χ3v) is 3.74. The molecule has 0 aliphatic rings.